The fourth-order valence-electron chi connectivity index (χ4n) is 1.22. The smallest absolute Gasteiger partial charge is 0.333 e. The van der Waals surface area contributed by atoms with Crippen LogP contribution in [0.4, 0.5) is 0 Å². The normalized spacial score (nSPS) is 13.9. The predicted octanol–water partition coefficient (Wildman–Crippen LogP) is 3.18. The summed E-state index contributed by atoms with van der Waals surface area (Å²) < 4.78 is 5.38. The van der Waals surface area contributed by atoms with E-state index in [1.165, 1.54) is 0 Å². The van der Waals surface area contributed by atoms with Crippen molar-refractivity contribution in [2.45, 2.75) is 47.1 Å². The SMILES string of the molecule is C=C(C)C(=O)OC(C)(C)C(C)C(C)C. The van der Waals surface area contributed by atoms with Crippen molar-refractivity contribution in [2.75, 3.05) is 0 Å². The van der Waals surface area contributed by atoms with Gasteiger partial charge in [-0.2, -0.15) is 0 Å². The number of hydrogen-bond acceptors (Lipinski definition) is 2. The van der Waals surface area contributed by atoms with E-state index in [1.807, 2.05) is 13.8 Å². The van der Waals surface area contributed by atoms with Crippen LogP contribution in [0, 0.1) is 11.8 Å². The second-order valence-corrected chi connectivity index (χ2v) is 4.81. The average Bonchev–Trinajstić information content (AvgIpc) is 2.01. The molecule has 1 atom stereocenters. The van der Waals surface area contributed by atoms with Crippen LogP contribution in [0.3, 0.4) is 0 Å². The number of carbonyl (C=O) groups excluding carboxylic acids is 1. The molecule has 2 nitrogen and oxygen atoms in total. The molecule has 0 spiro atoms. The van der Waals surface area contributed by atoms with Gasteiger partial charge >= 0.3 is 5.97 Å². The third-order valence-electron chi connectivity index (χ3n) is 2.80. The molecule has 0 radical (unpaired) electrons. The van der Waals surface area contributed by atoms with E-state index < -0.39 is 5.60 Å². The Balaban J connectivity index is 4.48. The van der Waals surface area contributed by atoms with E-state index in [9.17, 15) is 4.79 Å². The molecule has 0 aliphatic heterocycles. The van der Waals surface area contributed by atoms with Crippen molar-refractivity contribution in [3.63, 3.8) is 0 Å². The summed E-state index contributed by atoms with van der Waals surface area (Å²) in [5.74, 6) is 0.510. The van der Waals surface area contributed by atoms with Gasteiger partial charge in [-0.05, 0) is 32.6 Å². The largest absolute Gasteiger partial charge is 0.456 e. The van der Waals surface area contributed by atoms with Gasteiger partial charge in [0.1, 0.15) is 5.60 Å². The highest BCUT2D eigenvalue weighted by molar-refractivity contribution is 5.87. The zero-order valence-corrected chi connectivity index (χ0v) is 10.2. The Morgan fingerprint density at radius 3 is 2.00 bits per heavy atom. The molecule has 0 bridgehead atoms. The Hall–Kier alpha value is -0.790. The quantitative estimate of drug-likeness (QED) is 0.512. The Morgan fingerprint density at radius 2 is 1.71 bits per heavy atom. The van der Waals surface area contributed by atoms with Crippen molar-refractivity contribution in [2.24, 2.45) is 11.8 Å². The Bertz CT molecular complexity index is 226. The molecule has 0 aromatic heterocycles. The average molecular weight is 198 g/mol. The maximum absolute atomic E-state index is 11.4. The van der Waals surface area contributed by atoms with Gasteiger partial charge in [0.05, 0.1) is 0 Å². The monoisotopic (exact) mass is 198 g/mol. The van der Waals surface area contributed by atoms with Crippen molar-refractivity contribution in [1.82, 2.24) is 0 Å². The molecule has 2 heteroatoms. The minimum Gasteiger partial charge on any atom is -0.456 e. The maximum atomic E-state index is 11.4. The minimum atomic E-state index is -0.426. The maximum Gasteiger partial charge on any atom is 0.333 e. The molecule has 0 heterocycles. The van der Waals surface area contributed by atoms with Gasteiger partial charge in [0.25, 0.3) is 0 Å². The molecule has 14 heavy (non-hydrogen) atoms. The predicted molar refractivity (Wildman–Crippen MR) is 59.0 cm³/mol. The van der Waals surface area contributed by atoms with Gasteiger partial charge in [-0.25, -0.2) is 4.79 Å². The topological polar surface area (TPSA) is 26.3 Å². The van der Waals surface area contributed by atoms with Crippen LogP contribution in [0.1, 0.15) is 41.5 Å². The summed E-state index contributed by atoms with van der Waals surface area (Å²) in [6, 6.07) is 0. The van der Waals surface area contributed by atoms with E-state index in [1.54, 1.807) is 6.92 Å². The molecular weight excluding hydrogens is 176 g/mol. The van der Waals surface area contributed by atoms with Gasteiger partial charge < -0.3 is 4.74 Å². The first-order valence-corrected chi connectivity index (χ1v) is 5.07. The second-order valence-electron chi connectivity index (χ2n) is 4.81. The second kappa shape index (κ2) is 4.63. The molecule has 0 aromatic rings. The van der Waals surface area contributed by atoms with Crippen LogP contribution in [0.2, 0.25) is 0 Å². The highest BCUT2D eigenvalue weighted by atomic mass is 16.6. The standard InChI is InChI=1S/C12H22O2/c1-8(2)10(5)12(6,7)14-11(13)9(3)4/h8,10H,3H2,1-2,4-7H3. The first kappa shape index (κ1) is 13.2. The lowest BCUT2D eigenvalue weighted by Crippen LogP contribution is -2.38. The number of hydrogen-bond donors (Lipinski definition) is 0. The third kappa shape index (κ3) is 3.52. The fourth-order valence-corrected chi connectivity index (χ4v) is 1.22. The van der Waals surface area contributed by atoms with E-state index in [4.69, 9.17) is 4.74 Å². The van der Waals surface area contributed by atoms with Crippen molar-refractivity contribution >= 4 is 5.97 Å². The molecule has 0 aliphatic rings. The van der Waals surface area contributed by atoms with Crippen LogP contribution >= 0.6 is 0 Å². The molecule has 0 amide bonds. The summed E-state index contributed by atoms with van der Waals surface area (Å²) in [4.78, 5) is 11.4. The van der Waals surface area contributed by atoms with E-state index in [2.05, 4.69) is 27.4 Å². The molecule has 1 unspecified atom stereocenters. The summed E-state index contributed by atoms with van der Waals surface area (Å²) in [6.07, 6.45) is 0. The molecule has 0 saturated carbocycles. The van der Waals surface area contributed by atoms with Gasteiger partial charge in [-0.15, -0.1) is 0 Å². The van der Waals surface area contributed by atoms with E-state index in [0.717, 1.165) is 0 Å². The lowest BCUT2D eigenvalue weighted by molar-refractivity contribution is -0.157. The summed E-state index contributed by atoms with van der Waals surface area (Å²) in [7, 11) is 0. The molecule has 82 valence electrons. The zero-order chi connectivity index (χ0) is 11.5. The van der Waals surface area contributed by atoms with Crippen molar-refractivity contribution in [1.29, 1.82) is 0 Å². The highest BCUT2D eigenvalue weighted by Crippen LogP contribution is 2.28. The van der Waals surface area contributed by atoms with E-state index in [0.29, 0.717) is 17.4 Å². The van der Waals surface area contributed by atoms with Crippen LogP contribution < -0.4 is 0 Å². The summed E-state index contributed by atoms with van der Waals surface area (Å²) in [5, 5.41) is 0. The van der Waals surface area contributed by atoms with Crippen LogP contribution in [-0.2, 0) is 9.53 Å². The molecule has 0 aromatic carbocycles. The molecule has 0 aliphatic carbocycles. The van der Waals surface area contributed by atoms with Crippen molar-refractivity contribution in [3.05, 3.63) is 12.2 Å². The van der Waals surface area contributed by atoms with Crippen molar-refractivity contribution < 1.29 is 9.53 Å². The van der Waals surface area contributed by atoms with Gasteiger partial charge in [0, 0.05) is 5.57 Å². The molecule has 0 rings (SSSR count). The minimum absolute atomic E-state index is 0.303. The van der Waals surface area contributed by atoms with Gasteiger partial charge in [0.15, 0.2) is 0 Å². The van der Waals surface area contributed by atoms with Crippen LogP contribution in [0.5, 0.6) is 0 Å². The molecule has 0 fully saturated rings. The fraction of sp³-hybridized carbons (Fsp3) is 0.750. The van der Waals surface area contributed by atoms with Crippen LogP contribution in [0.25, 0.3) is 0 Å². The summed E-state index contributed by atoms with van der Waals surface area (Å²) >= 11 is 0. The summed E-state index contributed by atoms with van der Waals surface area (Å²) in [5.41, 5.74) is 0.0264. The van der Waals surface area contributed by atoms with Crippen molar-refractivity contribution in [3.8, 4) is 0 Å². The molecule has 0 saturated heterocycles. The number of carbonyl (C=O) groups is 1. The van der Waals surface area contributed by atoms with E-state index >= 15 is 0 Å². The first-order valence-electron chi connectivity index (χ1n) is 5.07. The number of rotatable bonds is 4. The number of esters is 1. The molecule has 0 N–H and O–H groups in total. The lowest BCUT2D eigenvalue weighted by Gasteiger charge is -2.34. The van der Waals surface area contributed by atoms with Crippen LogP contribution in [0.15, 0.2) is 12.2 Å². The third-order valence-corrected chi connectivity index (χ3v) is 2.80. The van der Waals surface area contributed by atoms with Gasteiger partial charge in [-0.3, -0.25) is 0 Å². The Labute approximate surface area is 87.3 Å². The Morgan fingerprint density at radius 1 is 1.29 bits per heavy atom. The van der Waals surface area contributed by atoms with Gasteiger partial charge in [0.2, 0.25) is 0 Å². The Kier molecular flexibility index (Phi) is 4.37. The van der Waals surface area contributed by atoms with Crippen LogP contribution in [-0.4, -0.2) is 11.6 Å². The molecular formula is C12H22O2. The zero-order valence-electron chi connectivity index (χ0n) is 10.2. The number of ether oxygens (including phenoxy) is 1. The van der Waals surface area contributed by atoms with E-state index in [-0.39, 0.29) is 5.97 Å². The first-order chi connectivity index (χ1) is 6.18. The lowest BCUT2D eigenvalue weighted by atomic mass is 9.83. The highest BCUT2D eigenvalue weighted by Gasteiger charge is 2.31. The van der Waals surface area contributed by atoms with Gasteiger partial charge in [-0.1, -0.05) is 27.4 Å². The summed E-state index contributed by atoms with van der Waals surface area (Å²) in [6.45, 7) is 15.5.